The third-order valence-corrected chi connectivity index (χ3v) is 6.49. The van der Waals surface area contributed by atoms with Crippen molar-refractivity contribution in [1.82, 2.24) is 4.98 Å². The molecule has 6 nitrogen and oxygen atoms in total. The Morgan fingerprint density at radius 1 is 0.943 bits per heavy atom. The summed E-state index contributed by atoms with van der Waals surface area (Å²) in [5, 5.41) is 13.3. The Morgan fingerprint density at radius 2 is 1.66 bits per heavy atom. The summed E-state index contributed by atoms with van der Waals surface area (Å²) >= 11 is 0. The molecule has 1 aromatic heterocycles. The zero-order valence-electron chi connectivity index (χ0n) is 19.6. The summed E-state index contributed by atoms with van der Waals surface area (Å²) in [7, 11) is 1.58. The van der Waals surface area contributed by atoms with E-state index in [1.54, 1.807) is 37.7 Å². The van der Waals surface area contributed by atoms with Crippen molar-refractivity contribution >= 4 is 33.9 Å². The number of hydrogen-bond acceptors (Lipinski definition) is 5. The molecule has 3 aromatic carbocycles. The number of anilines is 1. The summed E-state index contributed by atoms with van der Waals surface area (Å²) in [6, 6.07) is 19.6. The van der Waals surface area contributed by atoms with Crippen LogP contribution < -0.4 is 9.64 Å². The van der Waals surface area contributed by atoms with E-state index in [-0.39, 0.29) is 11.3 Å². The maximum absolute atomic E-state index is 13.5. The Kier molecular flexibility index (Phi) is 5.57. The highest BCUT2D eigenvalue weighted by Crippen LogP contribution is 2.44. The number of pyridine rings is 1. The van der Waals surface area contributed by atoms with Crippen molar-refractivity contribution in [3.05, 3.63) is 107 Å². The van der Waals surface area contributed by atoms with E-state index in [0.29, 0.717) is 22.6 Å². The van der Waals surface area contributed by atoms with Gasteiger partial charge in [0.1, 0.15) is 11.5 Å². The predicted octanol–water partition coefficient (Wildman–Crippen LogP) is 5.49. The van der Waals surface area contributed by atoms with E-state index in [0.717, 1.165) is 21.9 Å². The molecule has 6 heteroatoms. The number of ketones is 1. The molecule has 1 N–H and O–H groups in total. The lowest BCUT2D eigenvalue weighted by Gasteiger charge is -2.26. The largest absolute Gasteiger partial charge is 0.507 e. The number of ether oxygens (including phenoxy) is 1. The average Bonchev–Trinajstić information content (AvgIpc) is 3.15. The van der Waals surface area contributed by atoms with E-state index in [9.17, 15) is 14.7 Å². The van der Waals surface area contributed by atoms with Crippen LogP contribution in [0.5, 0.6) is 5.75 Å². The highest BCUT2D eigenvalue weighted by atomic mass is 16.5. The molecule has 35 heavy (non-hydrogen) atoms. The van der Waals surface area contributed by atoms with Crippen LogP contribution in [0.1, 0.15) is 28.3 Å². The van der Waals surface area contributed by atoms with Gasteiger partial charge in [-0.3, -0.25) is 19.5 Å². The monoisotopic (exact) mass is 464 g/mol. The number of fused-ring (bicyclic) bond motifs is 1. The molecular weight excluding hydrogens is 440 g/mol. The molecule has 5 rings (SSSR count). The lowest BCUT2D eigenvalue weighted by atomic mass is 9.93. The van der Waals surface area contributed by atoms with Crippen LogP contribution in [0.25, 0.3) is 16.5 Å². The highest BCUT2D eigenvalue weighted by molar-refractivity contribution is 6.52. The standard InChI is InChI=1S/C29H24N2O4/c1-17-16-24(35-3)18(2)15-22(17)27(32)25-26(20-11-13-30-14-12-20)31(29(34)28(25)33)23-10-6-8-19-7-4-5-9-21(19)23/h4-16,26,32H,1-3H3/b27-25+. The lowest BCUT2D eigenvalue weighted by Crippen LogP contribution is -2.29. The average molecular weight is 465 g/mol. The predicted molar refractivity (Wildman–Crippen MR) is 135 cm³/mol. The second kappa shape index (κ2) is 8.72. The smallest absolute Gasteiger partial charge is 0.300 e. The van der Waals surface area contributed by atoms with Crippen LogP contribution in [-0.4, -0.2) is 28.9 Å². The van der Waals surface area contributed by atoms with Crippen molar-refractivity contribution < 1.29 is 19.4 Å². The van der Waals surface area contributed by atoms with Gasteiger partial charge in [-0.2, -0.15) is 0 Å². The van der Waals surface area contributed by atoms with Gasteiger partial charge < -0.3 is 9.84 Å². The number of aromatic nitrogens is 1. The number of rotatable bonds is 4. The number of aliphatic hydroxyl groups excluding tert-OH is 1. The number of aryl methyl sites for hydroxylation is 2. The molecular formula is C29H24N2O4. The summed E-state index contributed by atoms with van der Waals surface area (Å²) in [6.07, 6.45) is 3.22. The second-order valence-electron chi connectivity index (χ2n) is 8.58. The van der Waals surface area contributed by atoms with Crippen molar-refractivity contribution in [2.75, 3.05) is 12.0 Å². The number of amides is 1. The molecule has 0 radical (unpaired) electrons. The fraction of sp³-hybridized carbons (Fsp3) is 0.138. The van der Waals surface area contributed by atoms with Crippen LogP contribution in [0.3, 0.4) is 0 Å². The summed E-state index contributed by atoms with van der Waals surface area (Å²) in [5.74, 6) is -0.949. The van der Waals surface area contributed by atoms with Crippen LogP contribution in [-0.2, 0) is 9.59 Å². The minimum absolute atomic E-state index is 0.0433. The van der Waals surface area contributed by atoms with Gasteiger partial charge in [-0.15, -0.1) is 0 Å². The first-order valence-electron chi connectivity index (χ1n) is 11.3. The molecule has 1 saturated heterocycles. The van der Waals surface area contributed by atoms with E-state index in [1.807, 2.05) is 62.4 Å². The topological polar surface area (TPSA) is 79.7 Å². The highest BCUT2D eigenvalue weighted by Gasteiger charge is 2.47. The number of aliphatic hydroxyl groups is 1. The summed E-state index contributed by atoms with van der Waals surface area (Å²) < 4.78 is 5.40. The maximum atomic E-state index is 13.5. The Hall–Kier alpha value is -4.45. The van der Waals surface area contributed by atoms with E-state index in [2.05, 4.69) is 4.98 Å². The van der Waals surface area contributed by atoms with Gasteiger partial charge in [0.15, 0.2) is 0 Å². The molecule has 1 amide bonds. The van der Waals surface area contributed by atoms with Crippen LogP contribution in [0.15, 0.2) is 84.7 Å². The number of carbonyl (C=O) groups is 2. The van der Waals surface area contributed by atoms with Gasteiger partial charge in [-0.05, 0) is 66.3 Å². The zero-order chi connectivity index (χ0) is 24.7. The van der Waals surface area contributed by atoms with Crippen LogP contribution in [0, 0.1) is 13.8 Å². The quantitative estimate of drug-likeness (QED) is 0.246. The molecule has 0 spiro atoms. The van der Waals surface area contributed by atoms with Crippen LogP contribution in [0.4, 0.5) is 5.69 Å². The SMILES string of the molecule is COc1cc(C)c(/C(O)=C2\C(=O)C(=O)N(c3cccc4ccccc34)C2c2ccncc2)cc1C. The van der Waals surface area contributed by atoms with Gasteiger partial charge >= 0.3 is 0 Å². The Bertz CT molecular complexity index is 1500. The number of carbonyl (C=O) groups excluding carboxylic acids is 2. The normalized spacial score (nSPS) is 17.2. The summed E-state index contributed by atoms with van der Waals surface area (Å²) in [4.78, 5) is 32.6. The Labute approximate surface area is 203 Å². The molecule has 174 valence electrons. The van der Waals surface area contributed by atoms with Crippen LogP contribution >= 0.6 is 0 Å². The van der Waals surface area contributed by atoms with E-state index < -0.39 is 17.7 Å². The van der Waals surface area contributed by atoms with Gasteiger partial charge in [-0.1, -0.05) is 36.4 Å². The van der Waals surface area contributed by atoms with Gasteiger partial charge in [-0.25, -0.2) is 0 Å². The lowest BCUT2D eigenvalue weighted by molar-refractivity contribution is -0.132. The number of nitrogens with zero attached hydrogens (tertiary/aromatic N) is 2. The third-order valence-electron chi connectivity index (χ3n) is 6.49. The van der Waals surface area contributed by atoms with E-state index in [4.69, 9.17) is 4.74 Å². The van der Waals surface area contributed by atoms with Gasteiger partial charge in [0.25, 0.3) is 11.7 Å². The van der Waals surface area contributed by atoms with Crippen molar-refractivity contribution in [2.24, 2.45) is 0 Å². The molecule has 1 atom stereocenters. The fourth-order valence-electron chi connectivity index (χ4n) is 4.77. The first kappa shape index (κ1) is 22.3. The minimum atomic E-state index is -0.814. The fourth-order valence-corrected chi connectivity index (χ4v) is 4.77. The first-order chi connectivity index (χ1) is 16.9. The second-order valence-corrected chi connectivity index (χ2v) is 8.58. The van der Waals surface area contributed by atoms with Crippen molar-refractivity contribution in [3.63, 3.8) is 0 Å². The summed E-state index contributed by atoms with van der Waals surface area (Å²) in [5.41, 5.74) is 3.35. The van der Waals surface area contributed by atoms with Crippen molar-refractivity contribution in [1.29, 1.82) is 0 Å². The van der Waals surface area contributed by atoms with E-state index >= 15 is 0 Å². The molecule has 1 aliphatic heterocycles. The molecule has 0 aliphatic carbocycles. The van der Waals surface area contributed by atoms with Gasteiger partial charge in [0, 0.05) is 23.3 Å². The molecule has 1 aliphatic rings. The number of methoxy groups -OCH3 is 1. The number of benzene rings is 3. The van der Waals surface area contributed by atoms with E-state index in [1.165, 1.54) is 4.90 Å². The molecule has 4 aromatic rings. The summed E-state index contributed by atoms with van der Waals surface area (Å²) in [6.45, 7) is 3.70. The Balaban J connectivity index is 1.78. The molecule has 0 saturated carbocycles. The zero-order valence-corrected chi connectivity index (χ0v) is 19.6. The maximum Gasteiger partial charge on any atom is 0.300 e. The minimum Gasteiger partial charge on any atom is -0.507 e. The van der Waals surface area contributed by atoms with Crippen molar-refractivity contribution in [3.8, 4) is 5.75 Å². The molecule has 1 fully saturated rings. The molecule has 1 unspecified atom stereocenters. The van der Waals surface area contributed by atoms with Gasteiger partial charge in [0.2, 0.25) is 0 Å². The molecule has 2 heterocycles. The first-order valence-corrected chi connectivity index (χ1v) is 11.3. The Morgan fingerprint density at radius 3 is 2.40 bits per heavy atom. The third kappa shape index (κ3) is 3.64. The van der Waals surface area contributed by atoms with Gasteiger partial charge in [0.05, 0.1) is 24.4 Å². The molecule has 0 bridgehead atoms. The number of Topliss-reactive ketones (excluding diaryl/α,β-unsaturated/α-hetero) is 1. The number of hydrogen-bond donors (Lipinski definition) is 1. The van der Waals surface area contributed by atoms with Crippen LogP contribution in [0.2, 0.25) is 0 Å². The van der Waals surface area contributed by atoms with Crippen molar-refractivity contribution in [2.45, 2.75) is 19.9 Å².